The molecule has 2 aromatic rings. The van der Waals surface area contributed by atoms with Gasteiger partial charge >= 0.3 is 5.97 Å². The standard InChI is InChI=1S/C26H37N5O5S/c1-36-23-8-4-3-6-19(23)15-30(17-24(32)29-22(26(34)35)11-13-37-2)16-21-7-5-12-31(21)25(33)10-9-20-14-27-18-28-20/h3-4,6,8,14,18,21-22H,5,7,9-13,15-17H2,1-2H3,(H,27,28)(H,29,32)(H,34,35). The zero-order valence-corrected chi connectivity index (χ0v) is 22.3. The highest BCUT2D eigenvalue weighted by atomic mass is 32.2. The molecule has 0 aliphatic carbocycles. The Morgan fingerprint density at radius 1 is 1.35 bits per heavy atom. The average Bonchev–Trinajstić information content (AvgIpc) is 3.57. The maximum atomic E-state index is 13.0. The number of carboxylic acid groups (broad SMARTS) is 1. The molecule has 2 amide bonds. The van der Waals surface area contributed by atoms with Crippen molar-refractivity contribution in [1.82, 2.24) is 25.1 Å². The molecule has 1 saturated heterocycles. The van der Waals surface area contributed by atoms with Gasteiger partial charge in [0, 0.05) is 49.6 Å². The van der Waals surface area contributed by atoms with Crippen molar-refractivity contribution in [2.24, 2.45) is 0 Å². The molecule has 37 heavy (non-hydrogen) atoms. The van der Waals surface area contributed by atoms with Crippen LogP contribution in [0.4, 0.5) is 0 Å². The van der Waals surface area contributed by atoms with E-state index < -0.39 is 12.0 Å². The Morgan fingerprint density at radius 3 is 2.86 bits per heavy atom. The SMILES string of the molecule is COc1ccccc1CN(CC(=O)NC(CCSC)C(=O)O)CC1CCCN1C(=O)CCc1cnc[nH]1. The van der Waals surface area contributed by atoms with E-state index in [0.717, 1.165) is 29.8 Å². The van der Waals surface area contributed by atoms with Crippen LogP contribution in [0.25, 0.3) is 0 Å². The molecule has 1 aliphatic heterocycles. The number of nitrogens with one attached hydrogen (secondary N) is 2. The molecule has 0 bridgehead atoms. The third kappa shape index (κ3) is 8.78. The number of para-hydroxylation sites is 1. The van der Waals surface area contributed by atoms with Crippen molar-refractivity contribution >= 4 is 29.5 Å². The number of aryl methyl sites for hydroxylation is 1. The zero-order valence-electron chi connectivity index (χ0n) is 21.5. The van der Waals surface area contributed by atoms with Crippen molar-refractivity contribution in [3.8, 4) is 5.75 Å². The third-order valence-electron chi connectivity index (χ3n) is 6.53. The fourth-order valence-electron chi connectivity index (χ4n) is 4.65. The van der Waals surface area contributed by atoms with Crippen LogP contribution in [-0.4, -0.2) is 93.5 Å². The molecule has 1 aliphatic rings. The molecule has 3 N–H and O–H groups in total. The number of carbonyl (C=O) groups excluding carboxylic acids is 2. The highest BCUT2D eigenvalue weighted by Gasteiger charge is 2.31. The molecule has 11 heteroatoms. The molecule has 1 aromatic carbocycles. The molecule has 202 valence electrons. The number of aliphatic carboxylic acids is 1. The van der Waals surface area contributed by atoms with E-state index in [1.807, 2.05) is 40.3 Å². The van der Waals surface area contributed by atoms with Crippen LogP contribution in [0.3, 0.4) is 0 Å². The summed E-state index contributed by atoms with van der Waals surface area (Å²) in [6.45, 7) is 1.65. The Bertz CT molecular complexity index is 1020. The number of aromatic nitrogens is 2. The number of likely N-dealkylation sites (tertiary alicyclic amines) is 1. The first-order chi connectivity index (χ1) is 17.9. The fourth-order valence-corrected chi connectivity index (χ4v) is 5.13. The number of methoxy groups -OCH3 is 1. The quantitative estimate of drug-likeness (QED) is 0.319. The Balaban J connectivity index is 1.69. The van der Waals surface area contributed by atoms with Gasteiger partial charge in [0.1, 0.15) is 11.8 Å². The molecule has 1 fully saturated rings. The van der Waals surface area contributed by atoms with Crippen LogP contribution in [0.1, 0.15) is 36.9 Å². The molecular weight excluding hydrogens is 494 g/mol. The number of H-pyrrole nitrogens is 1. The zero-order chi connectivity index (χ0) is 26.6. The summed E-state index contributed by atoms with van der Waals surface area (Å²) < 4.78 is 5.51. The van der Waals surface area contributed by atoms with Gasteiger partial charge < -0.3 is 25.0 Å². The van der Waals surface area contributed by atoms with Gasteiger partial charge in [-0.2, -0.15) is 11.8 Å². The Morgan fingerprint density at radius 2 is 2.16 bits per heavy atom. The molecule has 3 rings (SSSR count). The number of rotatable bonds is 15. The lowest BCUT2D eigenvalue weighted by molar-refractivity contribution is -0.142. The first kappa shape index (κ1) is 28.5. The number of hydrogen-bond acceptors (Lipinski definition) is 7. The predicted octanol–water partition coefficient (Wildman–Crippen LogP) is 2.17. The largest absolute Gasteiger partial charge is 0.496 e. The van der Waals surface area contributed by atoms with Gasteiger partial charge in [-0.1, -0.05) is 18.2 Å². The van der Waals surface area contributed by atoms with Crippen molar-refractivity contribution < 1.29 is 24.2 Å². The first-order valence-electron chi connectivity index (χ1n) is 12.5. The minimum Gasteiger partial charge on any atom is -0.496 e. The predicted molar refractivity (Wildman–Crippen MR) is 142 cm³/mol. The van der Waals surface area contributed by atoms with E-state index >= 15 is 0 Å². The number of aromatic amines is 1. The topological polar surface area (TPSA) is 128 Å². The molecular formula is C26H37N5O5S. The van der Waals surface area contributed by atoms with Gasteiger partial charge in [-0.15, -0.1) is 0 Å². The van der Waals surface area contributed by atoms with Crippen molar-refractivity contribution in [1.29, 1.82) is 0 Å². The Kier molecular flexibility index (Phi) is 11.3. The van der Waals surface area contributed by atoms with Gasteiger partial charge in [-0.05, 0) is 43.8 Å². The molecule has 0 spiro atoms. The van der Waals surface area contributed by atoms with E-state index in [4.69, 9.17) is 4.74 Å². The lowest BCUT2D eigenvalue weighted by Crippen LogP contribution is -2.49. The summed E-state index contributed by atoms with van der Waals surface area (Å²) in [6, 6.07) is 6.67. The number of imidazole rings is 1. The van der Waals surface area contributed by atoms with Gasteiger partial charge in [-0.3, -0.25) is 14.5 Å². The van der Waals surface area contributed by atoms with Gasteiger partial charge in [0.15, 0.2) is 0 Å². The second kappa shape index (κ2) is 14.6. The molecule has 0 radical (unpaired) electrons. The summed E-state index contributed by atoms with van der Waals surface area (Å²) in [5.74, 6) is 0.0545. The van der Waals surface area contributed by atoms with E-state index in [9.17, 15) is 19.5 Å². The number of carbonyl (C=O) groups is 3. The molecule has 10 nitrogen and oxygen atoms in total. The second-order valence-corrected chi connectivity index (χ2v) is 10.2. The summed E-state index contributed by atoms with van der Waals surface area (Å²) >= 11 is 1.54. The maximum Gasteiger partial charge on any atom is 0.326 e. The maximum absolute atomic E-state index is 13.0. The van der Waals surface area contributed by atoms with Crippen LogP contribution >= 0.6 is 11.8 Å². The second-order valence-electron chi connectivity index (χ2n) is 9.18. The number of benzene rings is 1. The van der Waals surface area contributed by atoms with Crippen LogP contribution in [-0.2, 0) is 27.3 Å². The third-order valence-corrected chi connectivity index (χ3v) is 7.17. The summed E-state index contributed by atoms with van der Waals surface area (Å²) in [6.07, 6.45) is 8.34. The smallest absolute Gasteiger partial charge is 0.326 e. The van der Waals surface area contributed by atoms with Crippen molar-refractivity contribution in [2.45, 2.75) is 50.7 Å². The monoisotopic (exact) mass is 531 g/mol. The van der Waals surface area contributed by atoms with Crippen LogP contribution in [0.2, 0.25) is 0 Å². The van der Waals surface area contributed by atoms with E-state index in [0.29, 0.717) is 44.6 Å². The van der Waals surface area contributed by atoms with Gasteiger partial charge in [0.25, 0.3) is 0 Å². The fraction of sp³-hybridized carbons (Fsp3) is 0.538. The summed E-state index contributed by atoms with van der Waals surface area (Å²) in [5, 5.41) is 12.2. The van der Waals surface area contributed by atoms with Crippen molar-refractivity contribution in [3.63, 3.8) is 0 Å². The summed E-state index contributed by atoms with van der Waals surface area (Å²) in [5.41, 5.74) is 1.85. The number of nitrogens with zero attached hydrogens (tertiary/aromatic N) is 3. The minimum atomic E-state index is -1.04. The van der Waals surface area contributed by atoms with Crippen molar-refractivity contribution in [3.05, 3.63) is 48.0 Å². The van der Waals surface area contributed by atoms with Gasteiger partial charge in [0.05, 0.1) is 20.0 Å². The van der Waals surface area contributed by atoms with Crippen molar-refractivity contribution in [2.75, 3.05) is 38.8 Å². The first-order valence-corrected chi connectivity index (χ1v) is 13.9. The number of ether oxygens (including phenoxy) is 1. The summed E-state index contributed by atoms with van der Waals surface area (Å²) in [4.78, 5) is 48.6. The van der Waals surface area contributed by atoms with Gasteiger partial charge in [-0.25, -0.2) is 9.78 Å². The Hall–Kier alpha value is -3.05. The summed E-state index contributed by atoms with van der Waals surface area (Å²) in [7, 11) is 1.61. The van der Waals surface area contributed by atoms with E-state index in [2.05, 4.69) is 15.3 Å². The molecule has 0 saturated carbocycles. The molecule has 2 unspecified atom stereocenters. The lowest BCUT2D eigenvalue weighted by Gasteiger charge is -2.31. The number of thioether (sulfide) groups is 1. The Labute approximate surface area is 222 Å². The number of amides is 2. The lowest BCUT2D eigenvalue weighted by atomic mass is 10.1. The number of hydrogen-bond donors (Lipinski definition) is 3. The molecule has 2 atom stereocenters. The molecule has 2 heterocycles. The van der Waals surface area contributed by atoms with Crippen LogP contribution < -0.4 is 10.1 Å². The van der Waals surface area contributed by atoms with Crippen LogP contribution in [0.5, 0.6) is 5.75 Å². The minimum absolute atomic E-state index is 0.0216. The average molecular weight is 532 g/mol. The highest BCUT2D eigenvalue weighted by molar-refractivity contribution is 7.98. The van der Waals surface area contributed by atoms with E-state index in [1.54, 1.807) is 19.6 Å². The van der Waals surface area contributed by atoms with E-state index in [1.165, 1.54) is 11.8 Å². The van der Waals surface area contributed by atoms with Gasteiger partial charge in [0.2, 0.25) is 11.8 Å². The molecule has 1 aromatic heterocycles. The van der Waals surface area contributed by atoms with E-state index in [-0.39, 0.29) is 24.4 Å². The highest BCUT2D eigenvalue weighted by Crippen LogP contribution is 2.23. The van der Waals surface area contributed by atoms with Crippen LogP contribution in [0.15, 0.2) is 36.8 Å². The van der Waals surface area contributed by atoms with Crippen LogP contribution in [0, 0.1) is 0 Å². The normalized spacial score (nSPS) is 16.1. The number of carboxylic acids is 1.